The minimum absolute atomic E-state index is 0.633. The molecule has 0 amide bonds. The van der Waals surface area contributed by atoms with E-state index in [0.29, 0.717) is 5.56 Å². The van der Waals surface area contributed by atoms with Crippen molar-refractivity contribution in [2.75, 3.05) is 0 Å². The van der Waals surface area contributed by atoms with E-state index in [4.69, 9.17) is 5.26 Å². The number of aryl methyl sites for hydroxylation is 1. The number of aromatic amines is 1. The Bertz CT molecular complexity index is 476. The number of nitriles is 1. The van der Waals surface area contributed by atoms with Gasteiger partial charge in [-0.3, -0.25) is 0 Å². The van der Waals surface area contributed by atoms with Crippen molar-refractivity contribution in [2.45, 2.75) is 13.3 Å². The summed E-state index contributed by atoms with van der Waals surface area (Å²) in [5.41, 5.74) is 2.35. The highest BCUT2D eigenvalue weighted by molar-refractivity contribution is 5.81. The molecule has 0 spiro atoms. The average Bonchev–Trinajstić information content (AvgIpc) is 2.59. The van der Waals surface area contributed by atoms with Crippen LogP contribution < -0.4 is 0 Å². The van der Waals surface area contributed by atoms with Crippen molar-refractivity contribution in [3.05, 3.63) is 29.6 Å². The van der Waals surface area contributed by atoms with E-state index in [1.54, 1.807) is 6.07 Å². The van der Waals surface area contributed by atoms with Gasteiger partial charge in [0.25, 0.3) is 0 Å². The molecular formula is C10H9N3. The van der Waals surface area contributed by atoms with Crippen LogP contribution in [0.5, 0.6) is 0 Å². The lowest BCUT2D eigenvalue weighted by Crippen LogP contribution is -1.80. The second-order valence-electron chi connectivity index (χ2n) is 2.85. The van der Waals surface area contributed by atoms with E-state index in [0.717, 1.165) is 23.3 Å². The second kappa shape index (κ2) is 2.91. The highest BCUT2D eigenvalue weighted by Gasteiger charge is 2.04. The summed E-state index contributed by atoms with van der Waals surface area (Å²) in [5, 5.41) is 8.81. The molecule has 1 aromatic carbocycles. The fraction of sp³-hybridized carbons (Fsp3) is 0.200. The van der Waals surface area contributed by atoms with E-state index in [9.17, 15) is 0 Å². The number of H-pyrrole nitrogens is 1. The second-order valence-corrected chi connectivity index (χ2v) is 2.85. The van der Waals surface area contributed by atoms with Crippen LogP contribution in [-0.4, -0.2) is 9.97 Å². The number of hydrogen-bond donors (Lipinski definition) is 1. The van der Waals surface area contributed by atoms with Gasteiger partial charge in [-0.2, -0.15) is 5.26 Å². The van der Waals surface area contributed by atoms with Gasteiger partial charge in [-0.1, -0.05) is 13.0 Å². The molecule has 0 aliphatic carbocycles. The summed E-state index contributed by atoms with van der Waals surface area (Å²) in [7, 11) is 0. The quantitative estimate of drug-likeness (QED) is 0.713. The smallest absolute Gasteiger partial charge is 0.107 e. The van der Waals surface area contributed by atoms with Crippen LogP contribution in [0.1, 0.15) is 18.3 Å². The van der Waals surface area contributed by atoms with Crippen molar-refractivity contribution in [1.29, 1.82) is 5.26 Å². The first-order valence-electron chi connectivity index (χ1n) is 4.23. The Morgan fingerprint density at radius 1 is 1.54 bits per heavy atom. The molecule has 0 aliphatic heterocycles. The zero-order valence-electron chi connectivity index (χ0n) is 7.33. The summed E-state index contributed by atoms with van der Waals surface area (Å²) in [5.74, 6) is 0.928. The van der Waals surface area contributed by atoms with Gasteiger partial charge in [0.15, 0.2) is 0 Å². The molecule has 64 valence electrons. The Kier molecular flexibility index (Phi) is 1.75. The zero-order valence-corrected chi connectivity index (χ0v) is 7.33. The maximum Gasteiger partial charge on any atom is 0.107 e. The molecule has 0 atom stereocenters. The van der Waals surface area contributed by atoms with Crippen LogP contribution in [-0.2, 0) is 6.42 Å². The summed E-state index contributed by atoms with van der Waals surface area (Å²) in [6.07, 6.45) is 0.861. The van der Waals surface area contributed by atoms with Gasteiger partial charge >= 0.3 is 0 Å². The Labute approximate surface area is 76.0 Å². The van der Waals surface area contributed by atoms with Gasteiger partial charge in [-0.25, -0.2) is 4.98 Å². The molecule has 1 N–H and O–H groups in total. The third kappa shape index (κ3) is 1.17. The minimum Gasteiger partial charge on any atom is -0.342 e. The number of para-hydroxylation sites is 1. The number of nitrogens with one attached hydrogen (secondary N) is 1. The number of rotatable bonds is 1. The van der Waals surface area contributed by atoms with Crippen LogP contribution in [0.15, 0.2) is 18.2 Å². The summed E-state index contributed by atoms with van der Waals surface area (Å²) in [6.45, 7) is 2.03. The minimum atomic E-state index is 0.633. The molecule has 3 heteroatoms. The molecule has 0 saturated heterocycles. The lowest BCUT2D eigenvalue weighted by atomic mass is 10.2. The normalized spacial score (nSPS) is 10.2. The number of benzene rings is 1. The topological polar surface area (TPSA) is 52.5 Å². The summed E-state index contributed by atoms with van der Waals surface area (Å²) >= 11 is 0. The van der Waals surface area contributed by atoms with Gasteiger partial charge < -0.3 is 4.98 Å². The summed E-state index contributed by atoms with van der Waals surface area (Å²) in [4.78, 5) is 7.48. The highest BCUT2D eigenvalue weighted by atomic mass is 14.9. The van der Waals surface area contributed by atoms with E-state index in [1.807, 2.05) is 19.1 Å². The molecule has 1 aromatic heterocycles. The molecule has 0 fully saturated rings. The van der Waals surface area contributed by atoms with Crippen molar-refractivity contribution in [1.82, 2.24) is 9.97 Å². The van der Waals surface area contributed by atoms with Gasteiger partial charge in [0, 0.05) is 6.42 Å². The SMILES string of the molecule is CCc1nc2c(C#N)cccc2[nH]1. The zero-order chi connectivity index (χ0) is 9.26. The molecule has 3 nitrogen and oxygen atoms in total. The van der Waals surface area contributed by atoms with Crippen molar-refractivity contribution in [3.8, 4) is 6.07 Å². The van der Waals surface area contributed by atoms with Crippen LogP contribution in [0.2, 0.25) is 0 Å². The third-order valence-electron chi connectivity index (χ3n) is 2.02. The van der Waals surface area contributed by atoms with Crippen LogP contribution in [0.25, 0.3) is 11.0 Å². The number of hydrogen-bond acceptors (Lipinski definition) is 2. The lowest BCUT2D eigenvalue weighted by Gasteiger charge is -1.88. The van der Waals surface area contributed by atoms with Crippen molar-refractivity contribution < 1.29 is 0 Å². The number of fused-ring (bicyclic) bond motifs is 1. The summed E-state index contributed by atoms with van der Waals surface area (Å²) in [6, 6.07) is 7.70. The first kappa shape index (κ1) is 7.81. The molecule has 2 aromatic rings. The molecule has 13 heavy (non-hydrogen) atoms. The Morgan fingerprint density at radius 3 is 3.08 bits per heavy atom. The lowest BCUT2D eigenvalue weighted by molar-refractivity contribution is 1.00. The fourth-order valence-electron chi connectivity index (χ4n) is 1.34. The standard InChI is InChI=1S/C10H9N3/c1-2-9-12-8-5-3-4-7(6-11)10(8)13-9/h3-5H,2H2,1H3,(H,12,13). The Balaban J connectivity index is 2.76. The third-order valence-corrected chi connectivity index (χ3v) is 2.02. The number of aromatic nitrogens is 2. The summed E-state index contributed by atoms with van der Waals surface area (Å²) < 4.78 is 0. The molecule has 0 saturated carbocycles. The largest absolute Gasteiger partial charge is 0.342 e. The Morgan fingerprint density at radius 2 is 2.38 bits per heavy atom. The van der Waals surface area contributed by atoms with E-state index in [1.165, 1.54) is 0 Å². The molecule has 0 unspecified atom stereocenters. The van der Waals surface area contributed by atoms with E-state index < -0.39 is 0 Å². The molecular weight excluding hydrogens is 162 g/mol. The number of nitrogens with zero attached hydrogens (tertiary/aromatic N) is 2. The van der Waals surface area contributed by atoms with E-state index in [2.05, 4.69) is 16.0 Å². The van der Waals surface area contributed by atoms with Gasteiger partial charge in [-0.05, 0) is 12.1 Å². The van der Waals surface area contributed by atoms with E-state index in [-0.39, 0.29) is 0 Å². The monoisotopic (exact) mass is 171 g/mol. The first-order chi connectivity index (χ1) is 6.35. The van der Waals surface area contributed by atoms with Gasteiger partial charge in [-0.15, -0.1) is 0 Å². The predicted octanol–water partition coefficient (Wildman–Crippen LogP) is 2.00. The van der Waals surface area contributed by atoms with Gasteiger partial charge in [0.1, 0.15) is 17.4 Å². The van der Waals surface area contributed by atoms with Gasteiger partial charge in [0.05, 0.1) is 11.1 Å². The maximum absolute atomic E-state index is 8.81. The van der Waals surface area contributed by atoms with Crippen molar-refractivity contribution >= 4 is 11.0 Å². The predicted molar refractivity (Wildman–Crippen MR) is 50.2 cm³/mol. The average molecular weight is 171 g/mol. The molecule has 0 bridgehead atoms. The van der Waals surface area contributed by atoms with Crippen LogP contribution in [0.4, 0.5) is 0 Å². The van der Waals surface area contributed by atoms with Gasteiger partial charge in [0.2, 0.25) is 0 Å². The molecule has 2 rings (SSSR count). The Hall–Kier alpha value is -1.82. The molecule has 1 heterocycles. The maximum atomic E-state index is 8.81. The first-order valence-corrected chi connectivity index (χ1v) is 4.23. The molecule has 0 aliphatic rings. The van der Waals surface area contributed by atoms with Crippen LogP contribution in [0.3, 0.4) is 0 Å². The number of imidazole rings is 1. The van der Waals surface area contributed by atoms with Crippen LogP contribution >= 0.6 is 0 Å². The van der Waals surface area contributed by atoms with Crippen LogP contribution in [0, 0.1) is 11.3 Å². The molecule has 0 radical (unpaired) electrons. The fourth-order valence-corrected chi connectivity index (χ4v) is 1.34. The van der Waals surface area contributed by atoms with Crippen molar-refractivity contribution in [3.63, 3.8) is 0 Å². The highest BCUT2D eigenvalue weighted by Crippen LogP contribution is 2.15. The van der Waals surface area contributed by atoms with E-state index >= 15 is 0 Å². The van der Waals surface area contributed by atoms with Crippen molar-refractivity contribution in [2.24, 2.45) is 0 Å².